The average Bonchev–Trinajstić information content (AvgIpc) is 2.49. The number of methoxy groups -OCH3 is 1. The molecule has 2 nitrogen and oxygen atoms in total. The Hall–Kier alpha value is -1.67. The fourth-order valence-electron chi connectivity index (χ4n) is 2.10. The third kappa shape index (κ3) is 3.45. The molecule has 2 rings (SSSR count). The average molecular weight is 290 g/mol. The Morgan fingerprint density at radius 1 is 1.15 bits per heavy atom. The van der Waals surface area contributed by atoms with Crippen molar-refractivity contribution in [1.82, 2.24) is 0 Å². The molecule has 0 bridgehead atoms. The van der Waals surface area contributed by atoms with Crippen LogP contribution in [0.1, 0.15) is 31.0 Å². The number of nitrogens with one attached hydrogen (secondary N) is 1. The molecule has 1 atom stereocenters. The maximum absolute atomic E-state index is 6.21. The predicted molar refractivity (Wildman–Crippen MR) is 85.9 cm³/mol. The Labute approximate surface area is 125 Å². The van der Waals surface area contributed by atoms with Crippen molar-refractivity contribution in [3.05, 3.63) is 58.6 Å². The highest BCUT2D eigenvalue weighted by atomic mass is 35.5. The fraction of sp³-hybridized carbons (Fsp3) is 0.294. The first kappa shape index (κ1) is 14.7. The number of anilines is 1. The van der Waals surface area contributed by atoms with Crippen molar-refractivity contribution in [1.29, 1.82) is 0 Å². The van der Waals surface area contributed by atoms with Crippen LogP contribution in [0, 0.1) is 0 Å². The summed E-state index contributed by atoms with van der Waals surface area (Å²) < 4.78 is 5.23. The lowest BCUT2D eigenvalue weighted by Gasteiger charge is -2.17. The zero-order valence-corrected chi connectivity index (χ0v) is 12.9. The number of aryl methyl sites for hydroxylation is 1. The summed E-state index contributed by atoms with van der Waals surface area (Å²) in [7, 11) is 1.65. The standard InChI is InChI=1S/C17H20ClNO/c1-4-13-5-7-14(8-6-13)12(2)19-17-11-15(20-3)9-10-16(17)18/h5-12,19H,4H2,1-3H3. The van der Waals surface area contributed by atoms with Crippen molar-refractivity contribution in [2.24, 2.45) is 0 Å². The fourth-order valence-corrected chi connectivity index (χ4v) is 2.27. The summed E-state index contributed by atoms with van der Waals surface area (Å²) in [6.45, 7) is 4.28. The monoisotopic (exact) mass is 289 g/mol. The molecule has 106 valence electrons. The number of halogens is 1. The predicted octanol–water partition coefficient (Wildman–Crippen LogP) is 5.08. The number of rotatable bonds is 5. The van der Waals surface area contributed by atoms with Gasteiger partial charge in [0, 0.05) is 12.1 Å². The van der Waals surface area contributed by atoms with Gasteiger partial charge in [0.25, 0.3) is 0 Å². The Morgan fingerprint density at radius 2 is 1.85 bits per heavy atom. The van der Waals surface area contributed by atoms with E-state index in [1.807, 2.05) is 18.2 Å². The molecule has 2 aromatic rings. The number of ether oxygens (including phenoxy) is 1. The molecule has 1 N–H and O–H groups in total. The van der Waals surface area contributed by atoms with Crippen molar-refractivity contribution in [2.45, 2.75) is 26.3 Å². The summed E-state index contributed by atoms with van der Waals surface area (Å²) in [5.41, 5.74) is 3.47. The van der Waals surface area contributed by atoms with Gasteiger partial charge in [0.15, 0.2) is 0 Å². The van der Waals surface area contributed by atoms with Crippen molar-refractivity contribution in [2.75, 3.05) is 12.4 Å². The molecule has 0 saturated carbocycles. The second kappa shape index (κ2) is 6.67. The Balaban J connectivity index is 2.15. The molecule has 0 fully saturated rings. The maximum atomic E-state index is 6.21. The second-order valence-corrected chi connectivity index (χ2v) is 5.21. The molecule has 0 spiro atoms. The first-order chi connectivity index (χ1) is 9.63. The van der Waals surface area contributed by atoms with E-state index < -0.39 is 0 Å². The molecule has 0 radical (unpaired) electrons. The van der Waals surface area contributed by atoms with Crippen LogP contribution in [0.5, 0.6) is 5.75 Å². The summed E-state index contributed by atoms with van der Waals surface area (Å²) in [4.78, 5) is 0. The molecule has 0 aliphatic rings. The van der Waals surface area contributed by atoms with Crippen molar-refractivity contribution in [3.8, 4) is 5.75 Å². The van der Waals surface area contributed by atoms with Gasteiger partial charge >= 0.3 is 0 Å². The van der Waals surface area contributed by atoms with Gasteiger partial charge in [-0.3, -0.25) is 0 Å². The number of hydrogen-bond donors (Lipinski definition) is 1. The second-order valence-electron chi connectivity index (χ2n) is 4.81. The minimum absolute atomic E-state index is 0.186. The molecule has 2 aromatic carbocycles. The summed E-state index contributed by atoms with van der Waals surface area (Å²) in [5, 5.41) is 4.12. The molecule has 0 saturated heterocycles. The van der Waals surface area contributed by atoms with Crippen LogP contribution in [0.4, 0.5) is 5.69 Å². The van der Waals surface area contributed by atoms with E-state index in [2.05, 4.69) is 43.4 Å². The highest BCUT2D eigenvalue weighted by Crippen LogP contribution is 2.30. The van der Waals surface area contributed by atoms with Crippen molar-refractivity contribution >= 4 is 17.3 Å². The van der Waals surface area contributed by atoms with Gasteiger partial charge in [-0.15, -0.1) is 0 Å². The quantitative estimate of drug-likeness (QED) is 0.828. The first-order valence-electron chi connectivity index (χ1n) is 6.83. The van der Waals surface area contributed by atoms with E-state index in [0.717, 1.165) is 17.9 Å². The van der Waals surface area contributed by atoms with Crippen molar-refractivity contribution in [3.63, 3.8) is 0 Å². The Bertz CT molecular complexity index is 566. The minimum atomic E-state index is 0.186. The normalized spacial score (nSPS) is 12.0. The van der Waals surface area contributed by atoms with Crippen LogP contribution in [-0.2, 0) is 6.42 Å². The van der Waals surface area contributed by atoms with Gasteiger partial charge in [-0.1, -0.05) is 42.8 Å². The van der Waals surface area contributed by atoms with Crippen LogP contribution in [0.3, 0.4) is 0 Å². The smallest absolute Gasteiger partial charge is 0.121 e. The molecule has 0 heterocycles. The maximum Gasteiger partial charge on any atom is 0.121 e. The Kier molecular flexibility index (Phi) is 4.91. The zero-order valence-electron chi connectivity index (χ0n) is 12.1. The lowest BCUT2D eigenvalue weighted by molar-refractivity contribution is 0.415. The summed E-state index contributed by atoms with van der Waals surface area (Å²) >= 11 is 6.21. The molecule has 3 heteroatoms. The molecular formula is C17H20ClNO. The summed E-state index contributed by atoms with van der Waals surface area (Å²) in [6, 6.07) is 14.4. The Morgan fingerprint density at radius 3 is 2.45 bits per heavy atom. The highest BCUT2D eigenvalue weighted by molar-refractivity contribution is 6.33. The van der Waals surface area contributed by atoms with E-state index in [1.54, 1.807) is 7.11 Å². The van der Waals surface area contributed by atoms with Gasteiger partial charge in [-0.05, 0) is 36.6 Å². The van der Waals surface area contributed by atoms with Crippen LogP contribution < -0.4 is 10.1 Å². The number of benzene rings is 2. The van der Waals surface area contributed by atoms with E-state index in [4.69, 9.17) is 16.3 Å². The molecular weight excluding hydrogens is 270 g/mol. The third-order valence-corrected chi connectivity index (χ3v) is 3.76. The third-order valence-electron chi connectivity index (χ3n) is 3.43. The number of hydrogen-bond acceptors (Lipinski definition) is 2. The molecule has 0 aliphatic carbocycles. The van der Waals surface area contributed by atoms with E-state index >= 15 is 0 Å². The van der Waals surface area contributed by atoms with Gasteiger partial charge in [0.1, 0.15) is 5.75 Å². The summed E-state index contributed by atoms with van der Waals surface area (Å²) in [5.74, 6) is 0.797. The van der Waals surface area contributed by atoms with E-state index in [-0.39, 0.29) is 6.04 Å². The zero-order chi connectivity index (χ0) is 14.5. The molecule has 0 amide bonds. The SMILES string of the molecule is CCc1ccc(C(C)Nc2cc(OC)ccc2Cl)cc1. The molecule has 1 unspecified atom stereocenters. The van der Waals surface area contributed by atoms with Gasteiger partial charge in [0.2, 0.25) is 0 Å². The minimum Gasteiger partial charge on any atom is -0.497 e. The van der Waals surface area contributed by atoms with Gasteiger partial charge in [0.05, 0.1) is 17.8 Å². The first-order valence-corrected chi connectivity index (χ1v) is 7.20. The van der Waals surface area contributed by atoms with E-state index in [1.165, 1.54) is 11.1 Å². The lowest BCUT2D eigenvalue weighted by Crippen LogP contribution is -2.07. The van der Waals surface area contributed by atoms with Gasteiger partial charge in [-0.25, -0.2) is 0 Å². The molecule has 0 aliphatic heterocycles. The van der Waals surface area contributed by atoms with Crippen LogP contribution in [0.15, 0.2) is 42.5 Å². The topological polar surface area (TPSA) is 21.3 Å². The largest absolute Gasteiger partial charge is 0.497 e. The van der Waals surface area contributed by atoms with Gasteiger partial charge in [-0.2, -0.15) is 0 Å². The van der Waals surface area contributed by atoms with Crippen molar-refractivity contribution < 1.29 is 4.74 Å². The molecule has 20 heavy (non-hydrogen) atoms. The summed E-state index contributed by atoms with van der Waals surface area (Å²) in [6.07, 6.45) is 1.06. The molecule has 0 aromatic heterocycles. The van der Waals surface area contributed by atoms with Crippen LogP contribution in [0.25, 0.3) is 0 Å². The van der Waals surface area contributed by atoms with Gasteiger partial charge < -0.3 is 10.1 Å². The van der Waals surface area contributed by atoms with Crippen LogP contribution in [-0.4, -0.2) is 7.11 Å². The van der Waals surface area contributed by atoms with E-state index in [0.29, 0.717) is 5.02 Å². The van der Waals surface area contributed by atoms with Crippen LogP contribution in [0.2, 0.25) is 5.02 Å². The van der Waals surface area contributed by atoms with E-state index in [9.17, 15) is 0 Å². The lowest BCUT2D eigenvalue weighted by atomic mass is 10.0. The van der Waals surface area contributed by atoms with Crippen LogP contribution >= 0.6 is 11.6 Å². The highest BCUT2D eigenvalue weighted by Gasteiger charge is 2.08.